The molecule has 0 spiro atoms. The first-order valence-corrected chi connectivity index (χ1v) is 9.19. The maximum Gasteiger partial charge on any atom is 0.279 e. The third kappa shape index (κ3) is 3.18. The third-order valence-corrected chi connectivity index (χ3v) is 5.46. The molecule has 0 fully saturated rings. The van der Waals surface area contributed by atoms with E-state index in [4.69, 9.17) is 0 Å². The first-order chi connectivity index (χ1) is 11.5. The first-order valence-electron chi connectivity index (χ1n) is 7.41. The quantitative estimate of drug-likeness (QED) is 0.481. The maximum atomic E-state index is 12.6. The number of hydrogen-bond acceptors (Lipinski definition) is 4. The molecule has 1 atom stereocenters. The zero-order valence-electron chi connectivity index (χ0n) is 13.1. The number of thioether (sulfide) groups is 1. The van der Waals surface area contributed by atoms with E-state index >= 15 is 0 Å². The standard InChI is InChI=1S/C17H16BrN3O2S/c1-3-8-24-17-20-16(23)14-12(10-4-6-11(18)7-5-10)9-13(22)19-15(14)21(17)2/h3-7,12H,1,8-9H2,2H3,(H,19,22). The van der Waals surface area contributed by atoms with Crippen molar-refractivity contribution in [2.75, 3.05) is 11.1 Å². The molecule has 1 aromatic heterocycles. The predicted molar refractivity (Wildman–Crippen MR) is 99.6 cm³/mol. The van der Waals surface area contributed by atoms with Gasteiger partial charge in [-0.25, -0.2) is 0 Å². The van der Waals surface area contributed by atoms with Gasteiger partial charge in [-0.2, -0.15) is 4.98 Å². The van der Waals surface area contributed by atoms with Crippen LogP contribution in [0, 0.1) is 0 Å². The highest BCUT2D eigenvalue weighted by atomic mass is 79.9. The van der Waals surface area contributed by atoms with Crippen LogP contribution in [0.25, 0.3) is 0 Å². The maximum absolute atomic E-state index is 12.6. The summed E-state index contributed by atoms with van der Waals surface area (Å²) in [6.07, 6.45) is 1.99. The molecule has 1 aliphatic heterocycles. The Morgan fingerprint density at radius 1 is 1.42 bits per heavy atom. The van der Waals surface area contributed by atoms with Crippen molar-refractivity contribution in [3.05, 3.63) is 62.9 Å². The molecule has 1 aromatic carbocycles. The molecule has 0 aliphatic carbocycles. The number of carbonyl (C=O) groups excluding carboxylic acids is 1. The molecule has 5 nitrogen and oxygen atoms in total. The van der Waals surface area contributed by atoms with Gasteiger partial charge in [0.25, 0.3) is 5.56 Å². The molecule has 2 heterocycles. The molecule has 1 unspecified atom stereocenters. The monoisotopic (exact) mass is 405 g/mol. The Bertz CT molecular complexity index is 861. The smallest absolute Gasteiger partial charge is 0.279 e. The Morgan fingerprint density at radius 3 is 2.79 bits per heavy atom. The fraction of sp³-hybridized carbons (Fsp3) is 0.235. The van der Waals surface area contributed by atoms with Gasteiger partial charge in [0.05, 0.1) is 5.56 Å². The molecule has 1 N–H and O–H groups in total. The molecule has 0 bridgehead atoms. The second kappa shape index (κ2) is 6.94. The van der Waals surface area contributed by atoms with Crippen LogP contribution in [0.3, 0.4) is 0 Å². The van der Waals surface area contributed by atoms with E-state index in [1.165, 1.54) is 11.8 Å². The van der Waals surface area contributed by atoms with E-state index < -0.39 is 0 Å². The summed E-state index contributed by atoms with van der Waals surface area (Å²) in [4.78, 5) is 29.0. The number of nitrogens with one attached hydrogen (secondary N) is 1. The van der Waals surface area contributed by atoms with E-state index in [1.807, 2.05) is 24.3 Å². The number of benzene rings is 1. The molecule has 24 heavy (non-hydrogen) atoms. The molecule has 1 amide bonds. The van der Waals surface area contributed by atoms with Crippen molar-refractivity contribution in [2.24, 2.45) is 7.05 Å². The predicted octanol–water partition coefficient (Wildman–Crippen LogP) is 3.30. The van der Waals surface area contributed by atoms with Gasteiger partial charge in [-0.05, 0) is 17.7 Å². The second-order valence-electron chi connectivity index (χ2n) is 5.48. The summed E-state index contributed by atoms with van der Waals surface area (Å²) >= 11 is 4.81. The molecule has 3 rings (SSSR count). The number of aromatic nitrogens is 2. The van der Waals surface area contributed by atoms with Gasteiger partial charge >= 0.3 is 0 Å². The second-order valence-corrected chi connectivity index (χ2v) is 7.38. The third-order valence-electron chi connectivity index (χ3n) is 3.90. The van der Waals surface area contributed by atoms with Crippen LogP contribution in [0.2, 0.25) is 0 Å². The lowest BCUT2D eigenvalue weighted by Gasteiger charge is -2.27. The van der Waals surface area contributed by atoms with Crippen LogP contribution in [0.15, 0.2) is 51.3 Å². The minimum atomic E-state index is -0.289. The molecule has 2 aromatic rings. The summed E-state index contributed by atoms with van der Waals surface area (Å²) in [5, 5.41) is 3.40. The van der Waals surface area contributed by atoms with E-state index in [2.05, 4.69) is 32.8 Å². The minimum Gasteiger partial charge on any atom is -0.312 e. The molecule has 1 aliphatic rings. The van der Waals surface area contributed by atoms with Crippen molar-refractivity contribution in [1.29, 1.82) is 0 Å². The number of carbonyl (C=O) groups is 1. The average molecular weight is 406 g/mol. The van der Waals surface area contributed by atoms with Gasteiger partial charge in [-0.3, -0.25) is 9.59 Å². The molecular formula is C17H16BrN3O2S. The Kier molecular flexibility index (Phi) is 4.91. The van der Waals surface area contributed by atoms with Crippen molar-refractivity contribution >= 4 is 39.4 Å². The van der Waals surface area contributed by atoms with Crippen LogP contribution in [0.5, 0.6) is 0 Å². The highest BCUT2D eigenvalue weighted by molar-refractivity contribution is 9.10. The number of hydrogen-bond donors (Lipinski definition) is 1. The molecule has 124 valence electrons. The van der Waals surface area contributed by atoms with Gasteiger partial charge in [0.2, 0.25) is 5.91 Å². The number of rotatable bonds is 4. The fourth-order valence-corrected chi connectivity index (χ4v) is 3.74. The number of anilines is 1. The van der Waals surface area contributed by atoms with Crippen LogP contribution >= 0.6 is 27.7 Å². The minimum absolute atomic E-state index is 0.101. The average Bonchev–Trinajstić information content (AvgIpc) is 2.56. The molecular weight excluding hydrogens is 390 g/mol. The van der Waals surface area contributed by atoms with E-state index in [1.54, 1.807) is 17.7 Å². The first kappa shape index (κ1) is 17.0. The van der Waals surface area contributed by atoms with Crippen LogP contribution in [0.4, 0.5) is 5.82 Å². The fourth-order valence-electron chi connectivity index (χ4n) is 2.78. The summed E-state index contributed by atoms with van der Waals surface area (Å²) in [5.41, 5.74) is 1.18. The Labute approximate surface area is 152 Å². The number of amides is 1. The highest BCUT2D eigenvalue weighted by Crippen LogP contribution is 2.36. The van der Waals surface area contributed by atoms with Crippen LogP contribution < -0.4 is 10.9 Å². The van der Waals surface area contributed by atoms with Crippen molar-refractivity contribution in [3.63, 3.8) is 0 Å². The summed E-state index contributed by atoms with van der Waals surface area (Å²) in [6.45, 7) is 3.68. The lowest BCUT2D eigenvalue weighted by Crippen LogP contribution is -2.33. The lowest BCUT2D eigenvalue weighted by molar-refractivity contribution is -0.116. The van der Waals surface area contributed by atoms with Crippen molar-refractivity contribution in [3.8, 4) is 0 Å². The van der Waals surface area contributed by atoms with Crippen LogP contribution in [-0.4, -0.2) is 21.2 Å². The van der Waals surface area contributed by atoms with Gasteiger partial charge in [0.1, 0.15) is 5.82 Å². The van der Waals surface area contributed by atoms with Crippen molar-refractivity contribution in [2.45, 2.75) is 17.5 Å². The molecule has 0 saturated carbocycles. The lowest BCUT2D eigenvalue weighted by atomic mass is 9.87. The largest absolute Gasteiger partial charge is 0.312 e. The number of halogens is 1. The Hall–Kier alpha value is -1.86. The Morgan fingerprint density at radius 2 is 2.12 bits per heavy atom. The van der Waals surface area contributed by atoms with Gasteiger partial charge < -0.3 is 9.88 Å². The zero-order valence-corrected chi connectivity index (χ0v) is 15.5. The van der Waals surface area contributed by atoms with E-state index in [9.17, 15) is 9.59 Å². The van der Waals surface area contributed by atoms with Gasteiger partial charge in [0, 0.05) is 29.6 Å². The van der Waals surface area contributed by atoms with Crippen molar-refractivity contribution < 1.29 is 4.79 Å². The SMILES string of the molecule is C=CCSc1nc(=O)c2c(n1C)NC(=O)CC2c1ccc(Br)cc1. The highest BCUT2D eigenvalue weighted by Gasteiger charge is 2.31. The Balaban J connectivity index is 2.14. The van der Waals surface area contributed by atoms with E-state index in [0.29, 0.717) is 22.3 Å². The van der Waals surface area contributed by atoms with E-state index in [0.717, 1.165) is 10.0 Å². The summed E-state index contributed by atoms with van der Waals surface area (Å²) in [7, 11) is 1.81. The summed E-state index contributed by atoms with van der Waals surface area (Å²) < 4.78 is 2.72. The normalized spacial score (nSPS) is 16.4. The van der Waals surface area contributed by atoms with Gasteiger partial charge in [-0.15, -0.1) is 6.58 Å². The molecule has 0 saturated heterocycles. The summed E-state index contributed by atoms with van der Waals surface area (Å²) in [5.74, 6) is 0.789. The van der Waals surface area contributed by atoms with Crippen LogP contribution in [-0.2, 0) is 11.8 Å². The van der Waals surface area contributed by atoms with Crippen molar-refractivity contribution in [1.82, 2.24) is 9.55 Å². The zero-order chi connectivity index (χ0) is 17.3. The summed E-state index contributed by atoms with van der Waals surface area (Å²) in [6, 6.07) is 7.68. The van der Waals surface area contributed by atoms with Crippen LogP contribution in [0.1, 0.15) is 23.5 Å². The number of fused-ring (bicyclic) bond motifs is 1. The van der Waals surface area contributed by atoms with Gasteiger partial charge in [-0.1, -0.05) is 45.9 Å². The molecule has 0 radical (unpaired) electrons. The van der Waals surface area contributed by atoms with E-state index in [-0.39, 0.29) is 23.8 Å². The topological polar surface area (TPSA) is 64.0 Å². The number of nitrogens with zero attached hydrogens (tertiary/aromatic N) is 2. The van der Waals surface area contributed by atoms with Gasteiger partial charge in [0.15, 0.2) is 5.16 Å². The molecule has 7 heteroatoms.